The Morgan fingerprint density at radius 1 is 1.24 bits per heavy atom. The summed E-state index contributed by atoms with van der Waals surface area (Å²) in [5, 5.41) is 0. The minimum atomic E-state index is -0.300. The van der Waals surface area contributed by atoms with Gasteiger partial charge in [-0.2, -0.15) is 0 Å². The minimum absolute atomic E-state index is 0.245. The molecular weight excluding hydrogens is 291 g/mol. The normalized spacial score (nSPS) is 11.0. The first-order chi connectivity index (χ1) is 10.2. The molecule has 0 bridgehead atoms. The molecule has 0 aliphatic carbocycles. The summed E-state index contributed by atoms with van der Waals surface area (Å²) < 4.78 is 20.9. The van der Waals surface area contributed by atoms with E-state index >= 15 is 0 Å². The van der Waals surface area contributed by atoms with E-state index in [0.29, 0.717) is 23.5 Å². The molecule has 3 nitrogen and oxygen atoms in total. The lowest BCUT2D eigenvalue weighted by Crippen LogP contribution is -2.00. The van der Waals surface area contributed by atoms with Crippen molar-refractivity contribution in [3.8, 4) is 11.4 Å². The average Bonchev–Trinajstić information content (AvgIpc) is 2.85. The van der Waals surface area contributed by atoms with Crippen LogP contribution in [0.25, 0.3) is 16.7 Å². The third-order valence-electron chi connectivity index (χ3n) is 3.19. The monoisotopic (exact) mass is 304 g/mol. The molecular formula is C16H14ClFN2O. The Morgan fingerprint density at radius 3 is 2.86 bits per heavy atom. The maximum absolute atomic E-state index is 13.5. The fraction of sp³-hybridized carbons (Fsp3) is 0.188. The highest BCUT2D eigenvalue weighted by molar-refractivity contribution is 6.17. The van der Waals surface area contributed by atoms with Gasteiger partial charge >= 0.3 is 0 Å². The maximum atomic E-state index is 13.5. The molecule has 21 heavy (non-hydrogen) atoms. The quantitative estimate of drug-likeness (QED) is 0.672. The number of hydrogen-bond acceptors (Lipinski definition) is 2. The van der Waals surface area contributed by atoms with E-state index in [0.717, 1.165) is 11.4 Å². The van der Waals surface area contributed by atoms with Crippen molar-refractivity contribution in [1.82, 2.24) is 9.55 Å². The van der Waals surface area contributed by atoms with Crippen molar-refractivity contribution in [3.63, 3.8) is 0 Å². The van der Waals surface area contributed by atoms with Crippen molar-refractivity contribution in [3.05, 3.63) is 54.1 Å². The van der Waals surface area contributed by atoms with Crippen LogP contribution >= 0.6 is 11.6 Å². The van der Waals surface area contributed by atoms with Crippen molar-refractivity contribution in [1.29, 1.82) is 0 Å². The molecule has 0 atom stereocenters. The molecule has 2 aromatic carbocycles. The lowest BCUT2D eigenvalue weighted by atomic mass is 10.2. The Morgan fingerprint density at radius 2 is 2.10 bits per heavy atom. The lowest BCUT2D eigenvalue weighted by molar-refractivity contribution is 0.340. The highest BCUT2D eigenvalue weighted by Crippen LogP contribution is 2.25. The molecule has 0 amide bonds. The van der Waals surface area contributed by atoms with Crippen molar-refractivity contribution < 1.29 is 9.13 Å². The van der Waals surface area contributed by atoms with Crippen molar-refractivity contribution >= 4 is 22.6 Å². The third-order valence-corrected chi connectivity index (χ3v) is 3.43. The van der Waals surface area contributed by atoms with Gasteiger partial charge < -0.3 is 4.74 Å². The molecule has 5 heteroatoms. The molecule has 0 aliphatic heterocycles. The molecule has 0 N–H and O–H groups in total. The number of imidazole rings is 1. The summed E-state index contributed by atoms with van der Waals surface area (Å²) in [5.41, 5.74) is 2.26. The highest BCUT2D eigenvalue weighted by Gasteiger charge is 2.13. The van der Waals surface area contributed by atoms with Gasteiger partial charge in [-0.05, 0) is 31.2 Å². The van der Waals surface area contributed by atoms with E-state index in [2.05, 4.69) is 4.98 Å². The predicted octanol–water partition coefficient (Wildman–Crippen LogP) is 4.30. The van der Waals surface area contributed by atoms with Gasteiger partial charge in [0.2, 0.25) is 0 Å². The van der Waals surface area contributed by atoms with E-state index in [-0.39, 0.29) is 11.7 Å². The first-order valence-corrected chi connectivity index (χ1v) is 7.22. The number of rotatable bonds is 4. The predicted molar refractivity (Wildman–Crippen MR) is 81.8 cm³/mol. The van der Waals surface area contributed by atoms with Gasteiger partial charge in [0, 0.05) is 12.1 Å². The van der Waals surface area contributed by atoms with Crippen LogP contribution in [-0.2, 0) is 5.88 Å². The number of nitrogens with zero attached hydrogens (tertiary/aromatic N) is 2. The van der Waals surface area contributed by atoms with Gasteiger partial charge in [-0.25, -0.2) is 9.37 Å². The van der Waals surface area contributed by atoms with Crippen LogP contribution in [0, 0.1) is 5.82 Å². The summed E-state index contributed by atoms with van der Waals surface area (Å²) >= 11 is 5.99. The van der Waals surface area contributed by atoms with E-state index in [1.807, 2.05) is 35.8 Å². The summed E-state index contributed by atoms with van der Waals surface area (Å²) in [4.78, 5) is 4.45. The Hall–Kier alpha value is -2.07. The summed E-state index contributed by atoms with van der Waals surface area (Å²) in [7, 11) is 0. The summed E-state index contributed by atoms with van der Waals surface area (Å²) in [6.07, 6.45) is 0. The number of halogens is 2. The molecule has 0 unspecified atom stereocenters. The summed E-state index contributed by atoms with van der Waals surface area (Å²) in [6, 6.07) is 12.1. The van der Waals surface area contributed by atoms with Crippen LogP contribution in [0.15, 0.2) is 42.5 Å². The summed E-state index contributed by atoms with van der Waals surface area (Å²) in [6.45, 7) is 2.52. The summed E-state index contributed by atoms with van der Waals surface area (Å²) in [5.74, 6) is 1.38. The highest BCUT2D eigenvalue weighted by atomic mass is 35.5. The topological polar surface area (TPSA) is 27.1 Å². The average molecular weight is 305 g/mol. The number of alkyl halides is 1. The second-order valence-corrected chi connectivity index (χ2v) is 4.83. The first kappa shape index (κ1) is 13.9. The number of hydrogen-bond donors (Lipinski definition) is 0. The SMILES string of the molecule is CCOc1cccc(-n2c(CCl)nc3ccc(F)cc32)c1. The molecule has 3 rings (SSSR count). The lowest BCUT2D eigenvalue weighted by Gasteiger charge is -2.10. The molecule has 3 aromatic rings. The van der Waals surface area contributed by atoms with Gasteiger partial charge in [0.15, 0.2) is 0 Å². The molecule has 1 heterocycles. The van der Waals surface area contributed by atoms with Crippen LogP contribution in [0.2, 0.25) is 0 Å². The van der Waals surface area contributed by atoms with Crippen LogP contribution in [0.4, 0.5) is 4.39 Å². The van der Waals surface area contributed by atoms with E-state index < -0.39 is 0 Å². The van der Waals surface area contributed by atoms with Crippen LogP contribution in [-0.4, -0.2) is 16.2 Å². The van der Waals surface area contributed by atoms with Crippen LogP contribution in [0.5, 0.6) is 5.75 Å². The second-order valence-electron chi connectivity index (χ2n) is 4.56. The van der Waals surface area contributed by atoms with Gasteiger partial charge in [-0.1, -0.05) is 6.07 Å². The molecule has 1 aromatic heterocycles. The molecule has 108 valence electrons. The number of benzene rings is 2. The van der Waals surface area contributed by atoms with Gasteiger partial charge in [-0.15, -0.1) is 11.6 Å². The molecule has 0 saturated carbocycles. The third kappa shape index (κ3) is 2.59. The van der Waals surface area contributed by atoms with E-state index in [9.17, 15) is 4.39 Å². The number of ether oxygens (including phenoxy) is 1. The van der Waals surface area contributed by atoms with Gasteiger partial charge in [-0.3, -0.25) is 4.57 Å². The molecule has 0 saturated heterocycles. The molecule has 0 spiro atoms. The van der Waals surface area contributed by atoms with Crippen molar-refractivity contribution in [2.45, 2.75) is 12.8 Å². The Kier molecular flexibility index (Phi) is 3.80. The number of fused-ring (bicyclic) bond motifs is 1. The smallest absolute Gasteiger partial charge is 0.129 e. The molecule has 0 radical (unpaired) electrons. The van der Waals surface area contributed by atoms with E-state index in [4.69, 9.17) is 16.3 Å². The zero-order valence-corrected chi connectivity index (χ0v) is 12.3. The fourth-order valence-electron chi connectivity index (χ4n) is 2.36. The standard InChI is InChI=1S/C16H14ClFN2O/c1-2-21-13-5-3-4-12(9-13)20-15-8-11(18)6-7-14(15)19-16(20)10-17/h3-9H,2,10H2,1H3. The largest absolute Gasteiger partial charge is 0.494 e. The van der Waals surface area contributed by atoms with E-state index in [1.165, 1.54) is 12.1 Å². The zero-order valence-electron chi connectivity index (χ0n) is 11.5. The fourth-order valence-corrected chi connectivity index (χ4v) is 2.53. The first-order valence-electron chi connectivity index (χ1n) is 6.69. The minimum Gasteiger partial charge on any atom is -0.494 e. The van der Waals surface area contributed by atoms with Crippen molar-refractivity contribution in [2.24, 2.45) is 0 Å². The van der Waals surface area contributed by atoms with Crippen LogP contribution in [0.3, 0.4) is 0 Å². The van der Waals surface area contributed by atoms with Crippen LogP contribution < -0.4 is 4.74 Å². The number of aromatic nitrogens is 2. The maximum Gasteiger partial charge on any atom is 0.129 e. The molecule has 0 fully saturated rings. The second kappa shape index (κ2) is 5.74. The van der Waals surface area contributed by atoms with Crippen LogP contribution in [0.1, 0.15) is 12.7 Å². The van der Waals surface area contributed by atoms with Gasteiger partial charge in [0.05, 0.1) is 29.2 Å². The van der Waals surface area contributed by atoms with E-state index in [1.54, 1.807) is 6.07 Å². The molecule has 0 aliphatic rings. The Bertz CT molecular complexity index is 785. The Balaban J connectivity index is 2.22. The van der Waals surface area contributed by atoms with Gasteiger partial charge in [0.1, 0.15) is 17.4 Å². The zero-order chi connectivity index (χ0) is 14.8. The van der Waals surface area contributed by atoms with Crippen molar-refractivity contribution in [2.75, 3.05) is 6.61 Å². The Labute approximate surface area is 126 Å². The van der Waals surface area contributed by atoms with Gasteiger partial charge in [0.25, 0.3) is 0 Å².